The Labute approximate surface area is 178 Å². The van der Waals surface area contributed by atoms with Crippen LogP contribution in [0.1, 0.15) is 54.4 Å². The SMILES string of the molecule is Cc1c(Cl)c(C(F)(F)F)nn1CCC(=O)NCCCn1nc(C(F)(F)F)cc1C1CC1. The normalized spacial score (nSPS) is 14.8. The van der Waals surface area contributed by atoms with Gasteiger partial charge in [-0.2, -0.15) is 36.5 Å². The first-order chi connectivity index (χ1) is 14.4. The number of carbonyl (C=O) groups excluding carboxylic acids is 1. The highest BCUT2D eigenvalue weighted by Crippen LogP contribution is 2.42. The van der Waals surface area contributed by atoms with Crippen LogP contribution < -0.4 is 5.32 Å². The van der Waals surface area contributed by atoms with Gasteiger partial charge in [0.15, 0.2) is 11.4 Å². The third kappa shape index (κ3) is 5.72. The maximum absolute atomic E-state index is 12.9. The minimum Gasteiger partial charge on any atom is -0.356 e. The zero-order valence-electron chi connectivity index (χ0n) is 16.4. The highest BCUT2D eigenvalue weighted by atomic mass is 35.5. The topological polar surface area (TPSA) is 64.7 Å². The fourth-order valence-corrected chi connectivity index (χ4v) is 3.37. The van der Waals surface area contributed by atoms with Crippen molar-refractivity contribution in [1.82, 2.24) is 24.9 Å². The van der Waals surface area contributed by atoms with Gasteiger partial charge in [-0.1, -0.05) is 11.6 Å². The Morgan fingerprint density at radius 2 is 1.81 bits per heavy atom. The molecule has 13 heteroatoms. The summed E-state index contributed by atoms with van der Waals surface area (Å²) in [6.07, 6.45) is -7.31. The Morgan fingerprint density at radius 3 is 2.35 bits per heavy atom. The number of alkyl halides is 6. The average Bonchev–Trinajstić information content (AvgIpc) is 3.34. The number of nitrogens with one attached hydrogen (secondary N) is 1. The minimum absolute atomic E-state index is 0.0870. The monoisotopic (exact) mass is 471 g/mol. The van der Waals surface area contributed by atoms with Crippen molar-refractivity contribution in [3.8, 4) is 0 Å². The molecule has 1 N–H and O–H groups in total. The van der Waals surface area contributed by atoms with Crippen molar-refractivity contribution in [2.45, 2.75) is 64.0 Å². The average molecular weight is 472 g/mol. The van der Waals surface area contributed by atoms with E-state index >= 15 is 0 Å². The van der Waals surface area contributed by atoms with E-state index in [9.17, 15) is 31.1 Å². The van der Waals surface area contributed by atoms with Crippen LogP contribution in [0, 0.1) is 6.92 Å². The third-order valence-electron chi connectivity index (χ3n) is 4.92. The van der Waals surface area contributed by atoms with Crippen LogP contribution in [-0.4, -0.2) is 32.0 Å². The Kier molecular flexibility index (Phi) is 6.59. The van der Waals surface area contributed by atoms with E-state index in [1.165, 1.54) is 11.6 Å². The van der Waals surface area contributed by atoms with E-state index in [1.54, 1.807) is 0 Å². The molecule has 1 amide bonds. The molecule has 2 aromatic heterocycles. The zero-order chi connectivity index (χ0) is 23.0. The number of halogens is 7. The molecule has 0 saturated heterocycles. The molecule has 0 bridgehead atoms. The maximum atomic E-state index is 12.9. The van der Waals surface area contributed by atoms with Crippen LogP contribution >= 0.6 is 11.6 Å². The molecule has 172 valence electrons. The van der Waals surface area contributed by atoms with E-state index in [-0.39, 0.29) is 37.7 Å². The molecule has 0 atom stereocenters. The van der Waals surface area contributed by atoms with E-state index in [0.717, 1.165) is 23.6 Å². The van der Waals surface area contributed by atoms with Gasteiger partial charge in [-0.25, -0.2) is 0 Å². The largest absolute Gasteiger partial charge is 0.436 e. The molecule has 1 fully saturated rings. The van der Waals surface area contributed by atoms with E-state index in [4.69, 9.17) is 11.6 Å². The molecule has 0 unspecified atom stereocenters. The highest BCUT2D eigenvalue weighted by molar-refractivity contribution is 6.31. The molecule has 1 saturated carbocycles. The molecule has 6 nitrogen and oxygen atoms in total. The molecule has 0 aliphatic heterocycles. The zero-order valence-corrected chi connectivity index (χ0v) is 17.2. The van der Waals surface area contributed by atoms with Crippen molar-refractivity contribution in [3.05, 3.63) is 33.9 Å². The Bertz CT molecular complexity index is 945. The number of aromatic nitrogens is 4. The Balaban J connectivity index is 1.47. The van der Waals surface area contributed by atoms with Gasteiger partial charge in [0.2, 0.25) is 5.91 Å². The lowest BCUT2D eigenvalue weighted by Crippen LogP contribution is -2.26. The summed E-state index contributed by atoms with van der Waals surface area (Å²) >= 11 is 5.66. The van der Waals surface area contributed by atoms with Crippen molar-refractivity contribution >= 4 is 17.5 Å². The molecule has 1 aliphatic rings. The first-order valence-corrected chi connectivity index (χ1v) is 9.97. The molecular formula is C18H20ClF6N5O. The van der Waals surface area contributed by atoms with Crippen LogP contribution in [0.25, 0.3) is 0 Å². The fraction of sp³-hybridized carbons (Fsp3) is 0.611. The van der Waals surface area contributed by atoms with Gasteiger partial charge < -0.3 is 5.32 Å². The van der Waals surface area contributed by atoms with E-state index in [2.05, 4.69) is 15.5 Å². The number of aryl methyl sites for hydroxylation is 2. The number of nitrogens with zero attached hydrogens (tertiary/aromatic N) is 4. The second-order valence-corrected chi connectivity index (χ2v) is 7.75. The number of carbonyl (C=O) groups is 1. The molecule has 31 heavy (non-hydrogen) atoms. The van der Waals surface area contributed by atoms with Crippen LogP contribution in [0.15, 0.2) is 6.07 Å². The summed E-state index contributed by atoms with van der Waals surface area (Å²) in [5, 5.41) is 9.15. The molecule has 3 rings (SSSR count). The molecule has 0 spiro atoms. The van der Waals surface area contributed by atoms with Crippen molar-refractivity contribution in [2.24, 2.45) is 0 Å². The molecule has 2 heterocycles. The van der Waals surface area contributed by atoms with Gasteiger partial charge in [0, 0.05) is 31.1 Å². The van der Waals surface area contributed by atoms with Crippen molar-refractivity contribution in [1.29, 1.82) is 0 Å². The summed E-state index contributed by atoms with van der Waals surface area (Å²) in [5.74, 6) is -0.331. The number of rotatable bonds is 8. The fourth-order valence-electron chi connectivity index (χ4n) is 3.13. The molecule has 0 radical (unpaired) electrons. The van der Waals surface area contributed by atoms with E-state index in [0.29, 0.717) is 12.1 Å². The van der Waals surface area contributed by atoms with Gasteiger partial charge >= 0.3 is 12.4 Å². The second-order valence-electron chi connectivity index (χ2n) is 7.37. The first kappa shape index (κ1) is 23.4. The van der Waals surface area contributed by atoms with Crippen LogP contribution in [0.2, 0.25) is 5.02 Å². The van der Waals surface area contributed by atoms with Crippen molar-refractivity contribution in [2.75, 3.05) is 6.54 Å². The molecule has 2 aromatic rings. The van der Waals surface area contributed by atoms with Crippen LogP contribution in [-0.2, 0) is 30.2 Å². The smallest absolute Gasteiger partial charge is 0.356 e. The highest BCUT2D eigenvalue weighted by Gasteiger charge is 2.39. The first-order valence-electron chi connectivity index (χ1n) is 9.59. The summed E-state index contributed by atoms with van der Waals surface area (Å²) in [6.45, 7) is 1.69. The predicted molar refractivity (Wildman–Crippen MR) is 98.4 cm³/mol. The number of hydrogen-bond donors (Lipinski definition) is 1. The standard InChI is InChI=1S/C18H20ClF6N5O/c1-10-15(19)16(18(23,24)25)28-29(10)8-5-14(31)26-6-2-7-30-12(11-3-4-11)9-13(27-30)17(20,21)22/h9,11H,2-8H2,1H3,(H,26,31). The summed E-state index contributed by atoms with van der Waals surface area (Å²) in [4.78, 5) is 12.0. The quantitative estimate of drug-likeness (QED) is 0.454. The third-order valence-corrected chi connectivity index (χ3v) is 5.37. The van der Waals surface area contributed by atoms with Crippen molar-refractivity contribution < 1.29 is 31.1 Å². The van der Waals surface area contributed by atoms with E-state index < -0.39 is 34.7 Å². The number of amides is 1. The van der Waals surface area contributed by atoms with Crippen LogP contribution in [0.4, 0.5) is 26.3 Å². The van der Waals surface area contributed by atoms with Gasteiger partial charge in [0.1, 0.15) is 0 Å². The summed E-state index contributed by atoms with van der Waals surface area (Å²) in [7, 11) is 0. The van der Waals surface area contributed by atoms with Gasteiger partial charge in [0.25, 0.3) is 0 Å². The Hall–Kier alpha value is -2.24. The maximum Gasteiger partial charge on any atom is 0.436 e. The molecule has 0 aromatic carbocycles. The summed E-state index contributed by atoms with van der Waals surface area (Å²) < 4.78 is 79.5. The Morgan fingerprint density at radius 1 is 1.13 bits per heavy atom. The van der Waals surface area contributed by atoms with Gasteiger partial charge in [-0.15, -0.1) is 0 Å². The summed E-state index contributed by atoms with van der Waals surface area (Å²) in [6, 6.07) is 1.07. The van der Waals surface area contributed by atoms with Crippen LogP contribution in [0.5, 0.6) is 0 Å². The second kappa shape index (κ2) is 8.71. The summed E-state index contributed by atoms with van der Waals surface area (Å²) in [5.41, 5.74) is -1.47. The lowest BCUT2D eigenvalue weighted by Gasteiger charge is -2.09. The van der Waals surface area contributed by atoms with Gasteiger partial charge in [0.05, 0.1) is 17.3 Å². The van der Waals surface area contributed by atoms with Gasteiger partial charge in [-0.3, -0.25) is 14.2 Å². The van der Waals surface area contributed by atoms with Crippen LogP contribution in [0.3, 0.4) is 0 Å². The van der Waals surface area contributed by atoms with Crippen molar-refractivity contribution in [3.63, 3.8) is 0 Å². The lowest BCUT2D eigenvalue weighted by molar-refractivity contribution is -0.142. The number of hydrogen-bond acceptors (Lipinski definition) is 3. The molecule has 1 aliphatic carbocycles. The predicted octanol–water partition coefficient (Wildman–Crippen LogP) is 4.55. The minimum atomic E-state index is -4.69. The molecular weight excluding hydrogens is 452 g/mol. The van der Waals surface area contributed by atoms with Gasteiger partial charge in [-0.05, 0) is 32.3 Å². The lowest BCUT2D eigenvalue weighted by atomic mass is 10.2. The van der Waals surface area contributed by atoms with E-state index in [1.807, 2.05) is 0 Å².